The number of carbonyl (C=O) groups excluding carboxylic acids is 2. The minimum Gasteiger partial charge on any atom is -0.497 e. The Hall–Kier alpha value is -3.97. The molecule has 2 amide bonds. The van der Waals surface area contributed by atoms with Crippen LogP contribution in [0.4, 0.5) is 11.4 Å². The summed E-state index contributed by atoms with van der Waals surface area (Å²) in [5.74, 6) is -0.623. The standard InChI is InChI=1S/C27H29BrN4O7S/c1-18-5-14-24(15-25(18)32(35)36)40(37,38)31(22-10-12-23(39-4)13-11-22)17-26(33)30(19(2)27(34)29-3)16-20-6-8-21(28)9-7-20/h5-15,19H,16-17H2,1-4H3,(H,29,34)/t19-/m1/s1. The molecule has 0 aliphatic carbocycles. The largest absolute Gasteiger partial charge is 0.497 e. The van der Waals surface area contributed by atoms with E-state index in [1.54, 1.807) is 31.2 Å². The Kier molecular flexibility index (Phi) is 9.88. The monoisotopic (exact) mass is 632 g/mol. The van der Waals surface area contributed by atoms with E-state index in [0.29, 0.717) is 5.75 Å². The van der Waals surface area contributed by atoms with E-state index >= 15 is 0 Å². The highest BCUT2D eigenvalue weighted by atomic mass is 79.9. The Bertz CT molecular complexity index is 1500. The summed E-state index contributed by atoms with van der Waals surface area (Å²) in [6.45, 7) is 2.41. The van der Waals surface area contributed by atoms with Crippen LogP contribution in [-0.2, 0) is 26.2 Å². The number of anilines is 1. The fraction of sp³-hybridized carbons (Fsp3) is 0.259. The topological polar surface area (TPSA) is 139 Å². The molecule has 1 N–H and O–H groups in total. The van der Waals surface area contributed by atoms with Gasteiger partial charge in [-0.3, -0.25) is 24.0 Å². The molecule has 1 atom stereocenters. The zero-order valence-electron chi connectivity index (χ0n) is 22.3. The van der Waals surface area contributed by atoms with Crippen molar-refractivity contribution in [2.45, 2.75) is 31.3 Å². The molecule has 0 fully saturated rings. The molecule has 0 unspecified atom stereocenters. The van der Waals surface area contributed by atoms with Crippen LogP contribution in [0.3, 0.4) is 0 Å². The van der Waals surface area contributed by atoms with Gasteiger partial charge in [-0.15, -0.1) is 0 Å². The Morgan fingerprint density at radius 2 is 1.70 bits per heavy atom. The zero-order chi connectivity index (χ0) is 29.6. The number of halogens is 1. The summed E-state index contributed by atoms with van der Waals surface area (Å²) < 4.78 is 34.7. The number of likely N-dealkylation sites (N-methyl/N-ethyl adjacent to an activating group) is 1. The zero-order valence-corrected chi connectivity index (χ0v) is 24.7. The number of hydrogen-bond donors (Lipinski definition) is 1. The van der Waals surface area contributed by atoms with E-state index in [0.717, 1.165) is 20.4 Å². The number of hydrogen-bond acceptors (Lipinski definition) is 7. The molecule has 0 aliphatic rings. The second-order valence-electron chi connectivity index (χ2n) is 8.85. The average molecular weight is 634 g/mol. The lowest BCUT2D eigenvalue weighted by Crippen LogP contribution is -2.50. The lowest BCUT2D eigenvalue weighted by Gasteiger charge is -2.31. The van der Waals surface area contributed by atoms with Crippen LogP contribution in [0, 0.1) is 17.0 Å². The van der Waals surface area contributed by atoms with Crippen molar-refractivity contribution in [2.75, 3.05) is 25.0 Å². The summed E-state index contributed by atoms with van der Waals surface area (Å²) in [6.07, 6.45) is 0. The highest BCUT2D eigenvalue weighted by Crippen LogP contribution is 2.29. The van der Waals surface area contributed by atoms with Gasteiger partial charge in [-0.05, 0) is 61.9 Å². The minimum atomic E-state index is -4.47. The van der Waals surface area contributed by atoms with Gasteiger partial charge in [0, 0.05) is 29.7 Å². The number of aryl methyl sites for hydroxylation is 1. The van der Waals surface area contributed by atoms with E-state index in [1.165, 1.54) is 62.4 Å². The molecule has 13 heteroatoms. The second-order valence-corrected chi connectivity index (χ2v) is 11.6. The quantitative estimate of drug-likeness (QED) is 0.249. The van der Waals surface area contributed by atoms with Gasteiger partial charge < -0.3 is 15.0 Å². The number of methoxy groups -OCH3 is 1. The number of nitro groups is 1. The van der Waals surface area contributed by atoms with Crippen molar-refractivity contribution in [3.63, 3.8) is 0 Å². The highest BCUT2D eigenvalue weighted by Gasteiger charge is 2.33. The molecule has 40 heavy (non-hydrogen) atoms. The number of sulfonamides is 1. The van der Waals surface area contributed by atoms with Crippen LogP contribution in [-0.4, -0.2) is 56.8 Å². The van der Waals surface area contributed by atoms with Crippen molar-refractivity contribution >= 4 is 49.1 Å². The number of nitrogens with one attached hydrogen (secondary N) is 1. The number of amides is 2. The van der Waals surface area contributed by atoms with Crippen LogP contribution >= 0.6 is 15.9 Å². The molecule has 0 aliphatic heterocycles. The highest BCUT2D eigenvalue weighted by molar-refractivity contribution is 9.10. The van der Waals surface area contributed by atoms with E-state index in [4.69, 9.17) is 4.74 Å². The van der Waals surface area contributed by atoms with Crippen molar-refractivity contribution in [3.8, 4) is 5.75 Å². The Labute approximate surface area is 241 Å². The number of nitrogens with zero attached hydrogens (tertiary/aromatic N) is 3. The normalized spacial score (nSPS) is 11.8. The Morgan fingerprint density at radius 3 is 2.25 bits per heavy atom. The molecular weight excluding hydrogens is 604 g/mol. The molecule has 0 heterocycles. The van der Waals surface area contributed by atoms with E-state index in [-0.39, 0.29) is 28.4 Å². The van der Waals surface area contributed by atoms with Gasteiger partial charge in [0.25, 0.3) is 15.7 Å². The van der Waals surface area contributed by atoms with Crippen LogP contribution in [0.25, 0.3) is 0 Å². The number of benzene rings is 3. The Balaban J connectivity index is 2.09. The second kappa shape index (κ2) is 12.9. The third kappa shape index (κ3) is 6.96. The van der Waals surface area contributed by atoms with Crippen LogP contribution in [0.15, 0.2) is 76.1 Å². The van der Waals surface area contributed by atoms with Crippen molar-refractivity contribution in [1.82, 2.24) is 10.2 Å². The molecular formula is C27H29BrN4O7S. The summed E-state index contributed by atoms with van der Waals surface area (Å²) in [7, 11) is -1.57. The van der Waals surface area contributed by atoms with Gasteiger partial charge in [-0.25, -0.2) is 8.42 Å². The van der Waals surface area contributed by atoms with Crippen molar-refractivity contribution < 1.29 is 27.7 Å². The molecule has 0 spiro atoms. The summed E-state index contributed by atoms with van der Waals surface area (Å²) in [6, 6.07) is 15.8. The molecule has 212 valence electrons. The Morgan fingerprint density at radius 1 is 1.07 bits per heavy atom. The van der Waals surface area contributed by atoms with Crippen molar-refractivity contribution in [3.05, 3.63) is 92.4 Å². The van der Waals surface area contributed by atoms with Gasteiger partial charge in [0.1, 0.15) is 18.3 Å². The van der Waals surface area contributed by atoms with Gasteiger partial charge in [-0.2, -0.15) is 0 Å². The smallest absolute Gasteiger partial charge is 0.273 e. The molecule has 0 bridgehead atoms. The predicted molar refractivity (Wildman–Crippen MR) is 154 cm³/mol. The van der Waals surface area contributed by atoms with E-state index in [1.807, 2.05) is 0 Å². The maximum Gasteiger partial charge on any atom is 0.273 e. The molecule has 0 saturated heterocycles. The summed E-state index contributed by atoms with van der Waals surface area (Å²) >= 11 is 3.37. The lowest BCUT2D eigenvalue weighted by atomic mass is 10.1. The van der Waals surface area contributed by atoms with E-state index in [2.05, 4.69) is 21.2 Å². The first-order valence-corrected chi connectivity index (χ1v) is 14.3. The number of rotatable bonds is 11. The fourth-order valence-electron chi connectivity index (χ4n) is 3.93. The van der Waals surface area contributed by atoms with Crippen LogP contribution < -0.4 is 14.4 Å². The molecule has 0 saturated carbocycles. The fourth-order valence-corrected chi connectivity index (χ4v) is 5.63. The lowest BCUT2D eigenvalue weighted by molar-refractivity contribution is -0.385. The SMILES string of the molecule is CNC(=O)[C@@H](C)N(Cc1ccc(Br)cc1)C(=O)CN(c1ccc(OC)cc1)S(=O)(=O)c1ccc(C)c([N+](=O)[O-])c1. The van der Waals surface area contributed by atoms with E-state index < -0.39 is 39.3 Å². The van der Waals surface area contributed by atoms with Gasteiger partial charge in [0.15, 0.2) is 0 Å². The predicted octanol–water partition coefficient (Wildman–Crippen LogP) is 4.03. The maximum atomic E-state index is 13.9. The van der Waals surface area contributed by atoms with Gasteiger partial charge in [0.05, 0.1) is 22.6 Å². The van der Waals surface area contributed by atoms with Crippen LogP contribution in [0.1, 0.15) is 18.1 Å². The molecule has 3 aromatic carbocycles. The first kappa shape index (κ1) is 30.6. The van der Waals surface area contributed by atoms with Crippen molar-refractivity contribution in [2.24, 2.45) is 0 Å². The number of ether oxygens (including phenoxy) is 1. The number of carbonyl (C=O) groups is 2. The van der Waals surface area contributed by atoms with Gasteiger partial charge in [-0.1, -0.05) is 34.1 Å². The minimum absolute atomic E-state index is 0.0349. The summed E-state index contributed by atoms with van der Waals surface area (Å²) in [4.78, 5) is 38.1. The average Bonchev–Trinajstić information content (AvgIpc) is 2.94. The molecule has 11 nitrogen and oxygen atoms in total. The maximum absolute atomic E-state index is 13.9. The van der Waals surface area contributed by atoms with Crippen LogP contribution in [0.5, 0.6) is 5.75 Å². The van der Waals surface area contributed by atoms with Gasteiger partial charge in [0.2, 0.25) is 11.8 Å². The van der Waals surface area contributed by atoms with Gasteiger partial charge >= 0.3 is 0 Å². The first-order valence-electron chi connectivity index (χ1n) is 12.1. The van der Waals surface area contributed by atoms with Crippen molar-refractivity contribution in [1.29, 1.82) is 0 Å². The van der Waals surface area contributed by atoms with Crippen LogP contribution in [0.2, 0.25) is 0 Å². The first-order chi connectivity index (χ1) is 18.9. The molecule has 0 radical (unpaired) electrons. The van der Waals surface area contributed by atoms with E-state index in [9.17, 15) is 28.1 Å². The molecule has 3 rings (SSSR count). The molecule has 3 aromatic rings. The molecule has 0 aromatic heterocycles. The third-order valence-electron chi connectivity index (χ3n) is 6.28. The number of nitro benzene ring substituents is 1. The third-order valence-corrected chi connectivity index (χ3v) is 8.58. The summed E-state index contributed by atoms with van der Waals surface area (Å²) in [5.41, 5.74) is 0.775. The summed E-state index contributed by atoms with van der Waals surface area (Å²) in [5, 5.41) is 14.0.